The normalized spacial score (nSPS) is 9.93. The maximum absolute atomic E-state index is 12.7. The summed E-state index contributed by atoms with van der Waals surface area (Å²) in [5.74, 6) is 0. The molecule has 0 atom stereocenters. The van der Waals surface area contributed by atoms with E-state index in [4.69, 9.17) is 9.52 Å². The van der Waals surface area contributed by atoms with Crippen LogP contribution in [0.1, 0.15) is 19.4 Å². The van der Waals surface area contributed by atoms with Crippen LogP contribution < -0.4 is 0 Å². The van der Waals surface area contributed by atoms with Crippen molar-refractivity contribution in [2.75, 3.05) is 0 Å². The molecule has 1 aromatic carbocycles. The van der Waals surface area contributed by atoms with Crippen molar-refractivity contribution in [3.8, 4) is 0 Å². The zero-order valence-corrected chi connectivity index (χ0v) is 10.1. The first kappa shape index (κ1) is 12.2. The van der Waals surface area contributed by atoms with E-state index in [1.165, 1.54) is 6.07 Å². The number of hydrogen-bond acceptors (Lipinski definition) is 2. The van der Waals surface area contributed by atoms with E-state index < -0.39 is 6.01 Å². The summed E-state index contributed by atoms with van der Waals surface area (Å²) in [6, 6.07) is 4.06. The fourth-order valence-corrected chi connectivity index (χ4v) is 1.83. The minimum atomic E-state index is -0.620. The summed E-state index contributed by atoms with van der Waals surface area (Å²) in [5, 5.41) is 9.53. The van der Waals surface area contributed by atoms with Crippen molar-refractivity contribution in [1.82, 2.24) is 0 Å². The standard InChI is InChI=1S/C9H6BrFO2.C2H6/c10-7-2-5(4-12)1-6-3-8(11)13-9(6)7;1-2/h1-3,12H,4H2;1-2H3. The third-order valence-corrected chi connectivity index (χ3v) is 2.37. The van der Waals surface area contributed by atoms with Crippen LogP contribution in [0.5, 0.6) is 0 Å². The number of aliphatic hydroxyl groups excluding tert-OH is 1. The molecule has 0 aliphatic rings. The quantitative estimate of drug-likeness (QED) is 0.857. The van der Waals surface area contributed by atoms with Gasteiger partial charge in [0.05, 0.1) is 11.1 Å². The lowest BCUT2D eigenvalue weighted by atomic mass is 10.2. The van der Waals surface area contributed by atoms with Crippen LogP contribution >= 0.6 is 15.9 Å². The van der Waals surface area contributed by atoms with Gasteiger partial charge in [0.2, 0.25) is 0 Å². The van der Waals surface area contributed by atoms with Gasteiger partial charge in [-0.3, -0.25) is 0 Å². The summed E-state index contributed by atoms with van der Waals surface area (Å²) in [5.41, 5.74) is 1.19. The average molecular weight is 275 g/mol. The molecule has 15 heavy (non-hydrogen) atoms. The molecule has 0 fully saturated rings. The van der Waals surface area contributed by atoms with E-state index in [0.29, 0.717) is 15.4 Å². The van der Waals surface area contributed by atoms with Gasteiger partial charge in [0.1, 0.15) is 0 Å². The molecule has 1 heterocycles. The molecule has 82 valence electrons. The van der Waals surface area contributed by atoms with Crippen molar-refractivity contribution < 1.29 is 13.9 Å². The SMILES string of the molecule is CC.OCc1cc(Br)c2oc(F)cc2c1. The molecule has 0 saturated heterocycles. The second kappa shape index (κ2) is 5.28. The summed E-state index contributed by atoms with van der Waals surface area (Å²) in [6.07, 6.45) is 0. The van der Waals surface area contributed by atoms with Gasteiger partial charge in [-0.15, -0.1) is 0 Å². The molecule has 0 amide bonds. The summed E-state index contributed by atoms with van der Waals surface area (Å²) >= 11 is 3.23. The highest BCUT2D eigenvalue weighted by molar-refractivity contribution is 9.10. The van der Waals surface area contributed by atoms with E-state index in [0.717, 1.165) is 5.56 Å². The summed E-state index contributed by atoms with van der Waals surface area (Å²) in [4.78, 5) is 0. The lowest BCUT2D eigenvalue weighted by Gasteiger charge is -1.97. The summed E-state index contributed by atoms with van der Waals surface area (Å²) < 4.78 is 18.1. The van der Waals surface area contributed by atoms with Crippen molar-refractivity contribution in [3.05, 3.63) is 34.2 Å². The van der Waals surface area contributed by atoms with E-state index in [1.54, 1.807) is 12.1 Å². The molecule has 1 aromatic heterocycles. The van der Waals surface area contributed by atoms with Crippen LogP contribution in [0.15, 0.2) is 27.1 Å². The Hall–Kier alpha value is -0.870. The Morgan fingerprint density at radius 2 is 2.00 bits per heavy atom. The van der Waals surface area contributed by atoms with E-state index >= 15 is 0 Å². The number of aliphatic hydroxyl groups is 1. The minimum absolute atomic E-state index is 0.0681. The van der Waals surface area contributed by atoms with Crippen molar-refractivity contribution in [1.29, 1.82) is 0 Å². The zero-order chi connectivity index (χ0) is 11.4. The molecule has 0 bridgehead atoms. The molecule has 2 aromatic rings. The zero-order valence-electron chi connectivity index (χ0n) is 8.55. The molecule has 0 aliphatic carbocycles. The molecule has 0 radical (unpaired) electrons. The van der Waals surface area contributed by atoms with Gasteiger partial charge in [0, 0.05) is 11.5 Å². The highest BCUT2D eigenvalue weighted by Crippen LogP contribution is 2.28. The number of rotatable bonds is 1. The first-order chi connectivity index (χ1) is 7.20. The molecular weight excluding hydrogens is 263 g/mol. The Balaban J connectivity index is 0.000000531. The van der Waals surface area contributed by atoms with Crippen LogP contribution in [0, 0.1) is 6.01 Å². The molecule has 4 heteroatoms. The van der Waals surface area contributed by atoms with E-state index in [1.807, 2.05) is 13.8 Å². The van der Waals surface area contributed by atoms with Crippen LogP contribution in [-0.4, -0.2) is 5.11 Å². The average Bonchev–Trinajstić information content (AvgIpc) is 2.62. The van der Waals surface area contributed by atoms with Crippen molar-refractivity contribution >= 4 is 26.9 Å². The van der Waals surface area contributed by atoms with Crippen molar-refractivity contribution in [3.63, 3.8) is 0 Å². The third-order valence-electron chi connectivity index (χ3n) is 1.78. The van der Waals surface area contributed by atoms with E-state index in [2.05, 4.69) is 15.9 Å². The van der Waals surface area contributed by atoms with Gasteiger partial charge in [-0.25, -0.2) is 0 Å². The predicted octanol–water partition coefficient (Wildman–Crippen LogP) is 3.85. The Kier molecular flexibility index (Phi) is 4.29. The molecule has 0 aliphatic heterocycles. The number of halogens is 2. The highest BCUT2D eigenvalue weighted by atomic mass is 79.9. The van der Waals surface area contributed by atoms with Gasteiger partial charge >= 0.3 is 0 Å². The van der Waals surface area contributed by atoms with Crippen LogP contribution in [0.2, 0.25) is 0 Å². The smallest absolute Gasteiger partial charge is 0.278 e. The predicted molar refractivity (Wildman–Crippen MR) is 61.1 cm³/mol. The van der Waals surface area contributed by atoms with E-state index in [-0.39, 0.29) is 6.61 Å². The Morgan fingerprint density at radius 1 is 1.33 bits per heavy atom. The number of benzene rings is 1. The van der Waals surface area contributed by atoms with Gasteiger partial charge < -0.3 is 9.52 Å². The van der Waals surface area contributed by atoms with Crippen molar-refractivity contribution in [2.24, 2.45) is 0 Å². The van der Waals surface area contributed by atoms with Gasteiger partial charge in [0.15, 0.2) is 5.58 Å². The fourth-order valence-electron chi connectivity index (χ4n) is 1.23. The van der Waals surface area contributed by atoms with Gasteiger partial charge in [0.25, 0.3) is 6.01 Å². The second-order valence-corrected chi connectivity index (χ2v) is 3.56. The minimum Gasteiger partial charge on any atom is -0.430 e. The molecule has 0 spiro atoms. The van der Waals surface area contributed by atoms with Crippen LogP contribution in [-0.2, 0) is 6.61 Å². The Labute approximate surface area is 95.8 Å². The Morgan fingerprint density at radius 3 is 2.60 bits per heavy atom. The molecule has 2 nitrogen and oxygen atoms in total. The molecule has 1 N–H and O–H groups in total. The first-order valence-electron chi connectivity index (χ1n) is 4.69. The Bertz CT molecular complexity index is 451. The van der Waals surface area contributed by atoms with Gasteiger partial charge in [-0.1, -0.05) is 13.8 Å². The molecule has 2 rings (SSSR count). The molecular formula is C11H12BrFO2. The lowest BCUT2D eigenvalue weighted by Crippen LogP contribution is -1.81. The lowest BCUT2D eigenvalue weighted by molar-refractivity contribution is 0.282. The molecule has 0 unspecified atom stereocenters. The van der Waals surface area contributed by atoms with Crippen molar-refractivity contribution in [2.45, 2.75) is 20.5 Å². The van der Waals surface area contributed by atoms with Gasteiger partial charge in [-0.2, -0.15) is 4.39 Å². The maximum Gasteiger partial charge on any atom is 0.278 e. The third kappa shape index (κ3) is 2.58. The van der Waals surface area contributed by atoms with Crippen LogP contribution in [0.25, 0.3) is 11.0 Å². The van der Waals surface area contributed by atoms with Crippen LogP contribution in [0.4, 0.5) is 4.39 Å². The monoisotopic (exact) mass is 274 g/mol. The number of fused-ring (bicyclic) bond motifs is 1. The first-order valence-corrected chi connectivity index (χ1v) is 5.48. The van der Waals surface area contributed by atoms with Gasteiger partial charge in [-0.05, 0) is 33.6 Å². The largest absolute Gasteiger partial charge is 0.430 e. The highest BCUT2D eigenvalue weighted by Gasteiger charge is 2.07. The topological polar surface area (TPSA) is 33.4 Å². The summed E-state index contributed by atoms with van der Waals surface area (Å²) in [7, 11) is 0. The fraction of sp³-hybridized carbons (Fsp3) is 0.273. The number of hydrogen-bond donors (Lipinski definition) is 1. The number of furan rings is 1. The van der Waals surface area contributed by atoms with Crippen LogP contribution in [0.3, 0.4) is 0 Å². The summed E-state index contributed by atoms with van der Waals surface area (Å²) in [6.45, 7) is 3.93. The van der Waals surface area contributed by atoms with E-state index in [9.17, 15) is 4.39 Å². The second-order valence-electron chi connectivity index (χ2n) is 2.70. The molecule has 0 saturated carbocycles. The maximum atomic E-state index is 12.7.